The molecule has 5 heteroatoms. The van der Waals surface area contributed by atoms with Crippen molar-refractivity contribution in [2.75, 3.05) is 0 Å². The minimum absolute atomic E-state index is 0.380. The van der Waals surface area contributed by atoms with Crippen LogP contribution in [0.2, 0.25) is 0 Å². The minimum Gasteiger partial charge on any atom is -0.449 e. The monoisotopic (exact) mass is 282 g/mol. The van der Waals surface area contributed by atoms with Crippen molar-refractivity contribution in [1.82, 2.24) is 0 Å². The number of rotatable bonds is 6. The summed E-state index contributed by atoms with van der Waals surface area (Å²) in [4.78, 5) is 0. The van der Waals surface area contributed by atoms with Gasteiger partial charge in [0, 0.05) is 13.3 Å². The van der Waals surface area contributed by atoms with Crippen molar-refractivity contribution < 1.29 is 24.8 Å². The van der Waals surface area contributed by atoms with Crippen LogP contribution < -0.4 is 9.47 Å². The Labute approximate surface area is 118 Å². The van der Waals surface area contributed by atoms with E-state index in [1.807, 2.05) is 31.2 Å². The zero-order valence-electron chi connectivity index (χ0n) is 11.8. The fourth-order valence-corrected chi connectivity index (χ4v) is 2.33. The molecule has 1 aliphatic heterocycles. The zero-order valence-corrected chi connectivity index (χ0v) is 11.8. The molecule has 5 nitrogen and oxygen atoms in total. The number of aliphatic hydroxyl groups is 3. The van der Waals surface area contributed by atoms with E-state index in [1.165, 1.54) is 6.92 Å². The van der Waals surface area contributed by atoms with Gasteiger partial charge in [-0.15, -0.1) is 0 Å². The van der Waals surface area contributed by atoms with Gasteiger partial charge in [0.1, 0.15) is 6.10 Å². The van der Waals surface area contributed by atoms with Crippen LogP contribution in [0.15, 0.2) is 24.3 Å². The third-order valence-electron chi connectivity index (χ3n) is 3.52. The predicted octanol–water partition coefficient (Wildman–Crippen LogP) is 1.45. The maximum absolute atomic E-state index is 9.73. The van der Waals surface area contributed by atoms with Crippen LogP contribution >= 0.6 is 0 Å². The molecule has 0 saturated heterocycles. The minimum atomic E-state index is -1.12. The Balaban J connectivity index is 1.81. The summed E-state index contributed by atoms with van der Waals surface area (Å²) >= 11 is 0. The van der Waals surface area contributed by atoms with Crippen molar-refractivity contribution in [3.8, 4) is 11.5 Å². The molecule has 0 aromatic heterocycles. The molecule has 0 saturated carbocycles. The molecule has 3 N–H and O–H groups in total. The van der Waals surface area contributed by atoms with Crippen molar-refractivity contribution >= 4 is 0 Å². The number of para-hydroxylation sites is 2. The van der Waals surface area contributed by atoms with E-state index in [4.69, 9.17) is 9.47 Å². The third kappa shape index (κ3) is 3.42. The molecule has 0 radical (unpaired) electrons. The topological polar surface area (TPSA) is 79.2 Å². The molecule has 1 aliphatic rings. The van der Waals surface area contributed by atoms with Gasteiger partial charge >= 0.3 is 0 Å². The highest BCUT2D eigenvalue weighted by Crippen LogP contribution is 2.40. The van der Waals surface area contributed by atoms with Crippen LogP contribution in [-0.4, -0.2) is 39.4 Å². The van der Waals surface area contributed by atoms with E-state index >= 15 is 0 Å². The van der Waals surface area contributed by atoms with Crippen LogP contribution in [0, 0.1) is 0 Å². The van der Waals surface area contributed by atoms with E-state index in [-0.39, 0.29) is 0 Å². The first kappa shape index (κ1) is 15.1. The Hall–Kier alpha value is -1.30. The molecule has 0 amide bonds. The number of benzene rings is 1. The van der Waals surface area contributed by atoms with Crippen molar-refractivity contribution in [3.05, 3.63) is 24.3 Å². The lowest BCUT2D eigenvalue weighted by molar-refractivity contribution is -0.0794. The van der Waals surface area contributed by atoms with Crippen LogP contribution in [0.1, 0.15) is 33.1 Å². The summed E-state index contributed by atoms with van der Waals surface area (Å²) in [7, 11) is 0. The van der Waals surface area contributed by atoms with Gasteiger partial charge in [0.25, 0.3) is 0 Å². The van der Waals surface area contributed by atoms with Crippen LogP contribution in [0.3, 0.4) is 0 Å². The van der Waals surface area contributed by atoms with Crippen molar-refractivity contribution in [1.29, 1.82) is 0 Å². The van der Waals surface area contributed by atoms with Gasteiger partial charge in [-0.2, -0.15) is 0 Å². The van der Waals surface area contributed by atoms with Gasteiger partial charge in [0.2, 0.25) is 5.79 Å². The summed E-state index contributed by atoms with van der Waals surface area (Å²) in [5, 5.41) is 28.5. The standard InChI is InChI=1S/C15H22O5/c1-10(16)14(18)11(17)6-5-9-15(2)19-12-7-3-4-8-13(12)20-15/h3-4,7-8,10-11,14,16-18H,5-6,9H2,1-2H3/t10-,11+,14+/m0/s1. The number of hydrogen-bond acceptors (Lipinski definition) is 5. The molecular weight excluding hydrogens is 260 g/mol. The summed E-state index contributed by atoms with van der Waals surface area (Å²) < 4.78 is 11.5. The SMILES string of the molecule is C[C@H](O)[C@@H](O)[C@H](O)CCCC1(C)Oc2ccccc2O1. The molecule has 20 heavy (non-hydrogen) atoms. The highest BCUT2D eigenvalue weighted by Gasteiger charge is 2.36. The largest absolute Gasteiger partial charge is 0.449 e. The zero-order chi connectivity index (χ0) is 14.8. The number of hydrogen-bond donors (Lipinski definition) is 3. The Bertz CT molecular complexity index is 421. The highest BCUT2D eigenvalue weighted by atomic mass is 16.7. The molecule has 1 aromatic carbocycles. The van der Waals surface area contributed by atoms with Gasteiger partial charge in [0.05, 0.1) is 12.2 Å². The lowest BCUT2D eigenvalue weighted by atomic mass is 10.0. The third-order valence-corrected chi connectivity index (χ3v) is 3.52. The summed E-state index contributed by atoms with van der Waals surface area (Å²) in [5.74, 6) is 0.707. The molecule has 0 bridgehead atoms. The average Bonchev–Trinajstić information content (AvgIpc) is 2.73. The molecule has 0 aliphatic carbocycles. The first-order chi connectivity index (χ1) is 9.41. The van der Waals surface area contributed by atoms with E-state index in [0.29, 0.717) is 19.3 Å². The predicted molar refractivity (Wildman–Crippen MR) is 73.6 cm³/mol. The van der Waals surface area contributed by atoms with Gasteiger partial charge in [-0.3, -0.25) is 0 Å². The van der Waals surface area contributed by atoms with Gasteiger partial charge in [-0.05, 0) is 31.9 Å². The lowest BCUT2D eigenvalue weighted by Gasteiger charge is -2.25. The van der Waals surface area contributed by atoms with E-state index < -0.39 is 24.1 Å². The van der Waals surface area contributed by atoms with Gasteiger partial charge in [-0.1, -0.05) is 12.1 Å². The van der Waals surface area contributed by atoms with Crippen molar-refractivity contribution in [3.63, 3.8) is 0 Å². The fraction of sp³-hybridized carbons (Fsp3) is 0.600. The van der Waals surface area contributed by atoms with Gasteiger partial charge < -0.3 is 24.8 Å². The maximum Gasteiger partial charge on any atom is 0.248 e. The van der Waals surface area contributed by atoms with Crippen LogP contribution in [-0.2, 0) is 0 Å². The first-order valence-corrected chi connectivity index (χ1v) is 6.92. The van der Waals surface area contributed by atoms with Gasteiger partial charge in [-0.25, -0.2) is 0 Å². The second-order valence-electron chi connectivity index (χ2n) is 5.48. The Morgan fingerprint density at radius 3 is 2.15 bits per heavy atom. The molecule has 2 rings (SSSR count). The van der Waals surface area contributed by atoms with Crippen LogP contribution in [0.5, 0.6) is 11.5 Å². The number of ether oxygens (including phenoxy) is 2. The van der Waals surface area contributed by atoms with Crippen LogP contribution in [0.4, 0.5) is 0 Å². The highest BCUT2D eigenvalue weighted by molar-refractivity contribution is 5.42. The van der Waals surface area contributed by atoms with Crippen molar-refractivity contribution in [2.24, 2.45) is 0 Å². The van der Waals surface area contributed by atoms with E-state index in [1.54, 1.807) is 0 Å². The normalized spacial score (nSPS) is 20.4. The molecule has 3 atom stereocenters. The lowest BCUT2D eigenvalue weighted by Crippen LogP contribution is -2.37. The molecule has 0 unspecified atom stereocenters. The molecule has 1 aromatic rings. The second-order valence-corrected chi connectivity index (χ2v) is 5.48. The van der Waals surface area contributed by atoms with E-state index in [2.05, 4.69) is 0 Å². The molecule has 0 fully saturated rings. The summed E-state index contributed by atoms with van der Waals surface area (Å²) in [6.45, 7) is 3.31. The Kier molecular flexibility index (Phi) is 4.52. The molecule has 1 heterocycles. The van der Waals surface area contributed by atoms with Gasteiger partial charge in [0.15, 0.2) is 11.5 Å². The van der Waals surface area contributed by atoms with Crippen LogP contribution in [0.25, 0.3) is 0 Å². The Morgan fingerprint density at radius 2 is 1.65 bits per heavy atom. The second kappa shape index (κ2) is 5.99. The fourth-order valence-electron chi connectivity index (χ4n) is 2.33. The Morgan fingerprint density at radius 1 is 1.10 bits per heavy atom. The van der Waals surface area contributed by atoms with E-state index in [9.17, 15) is 15.3 Å². The first-order valence-electron chi connectivity index (χ1n) is 6.92. The maximum atomic E-state index is 9.73. The summed E-state index contributed by atoms with van der Waals surface area (Å²) in [5.41, 5.74) is 0. The molecule has 0 spiro atoms. The quantitative estimate of drug-likeness (QED) is 0.736. The van der Waals surface area contributed by atoms with Crippen molar-refractivity contribution in [2.45, 2.75) is 57.2 Å². The smallest absolute Gasteiger partial charge is 0.248 e. The summed E-state index contributed by atoms with van der Waals surface area (Å²) in [6, 6.07) is 7.48. The summed E-state index contributed by atoms with van der Waals surface area (Å²) in [6.07, 6.45) is -1.41. The molecule has 112 valence electrons. The van der Waals surface area contributed by atoms with E-state index in [0.717, 1.165) is 11.5 Å². The molecular formula is C15H22O5. The number of aliphatic hydroxyl groups excluding tert-OH is 3. The average molecular weight is 282 g/mol. The number of fused-ring (bicyclic) bond motifs is 1.